The van der Waals surface area contributed by atoms with Crippen molar-refractivity contribution in [2.24, 2.45) is 0 Å². The topological polar surface area (TPSA) is 64.1 Å². The zero-order chi connectivity index (χ0) is 18.9. The summed E-state index contributed by atoms with van der Waals surface area (Å²) < 4.78 is 6.73. The molecule has 1 saturated heterocycles. The zero-order valence-corrected chi connectivity index (χ0v) is 16.0. The summed E-state index contributed by atoms with van der Waals surface area (Å²) in [6.45, 7) is 1.31. The number of hydrogen-bond acceptors (Lipinski definition) is 5. The molecule has 0 saturated carbocycles. The summed E-state index contributed by atoms with van der Waals surface area (Å²) in [7, 11) is 0. The van der Waals surface area contributed by atoms with E-state index in [0.29, 0.717) is 12.1 Å². The zero-order valence-electron chi connectivity index (χ0n) is 15.2. The molecule has 0 aliphatic carbocycles. The van der Waals surface area contributed by atoms with Crippen molar-refractivity contribution >= 4 is 38.4 Å². The summed E-state index contributed by atoms with van der Waals surface area (Å²) in [4.78, 5) is 22.4. The molecule has 1 amide bonds. The van der Waals surface area contributed by atoms with Crippen LogP contribution in [0.25, 0.3) is 31.8 Å². The molecule has 6 heteroatoms. The highest BCUT2D eigenvalue weighted by atomic mass is 32.1. The molecule has 4 aromatic rings. The minimum Gasteiger partial charge on any atom is -0.376 e. The Kier molecular flexibility index (Phi) is 4.50. The van der Waals surface area contributed by atoms with Gasteiger partial charge in [-0.05, 0) is 37.1 Å². The maximum atomic E-state index is 13.0. The summed E-state index contributed by atoms with van der Waals surface area (Å²) >= 11 is 1.59. The first kappa shape index (κ1) is 17.3. The van der Waals surface area contributed by atoms with Gasteiger partial charge in [-0.3, -0.25) is 4.79 Å². The van der Waals surface area contributed by atoms with Gasteiger partial charge in [-0.15, -0.1) is 11.3 Å². The van der Waals surface area contributed by atoms with Crippen LogP contribution in [0.2, 0.25) is 0 Å². The van der Waals surface area contributed by atoms with Crippen molar-refractivity contribution in [3.05, 3.63) is 60.2 Å². The van der Waals surface area contributed by atoms with E-state index in [2.05, 4.69) is 5.32 Å². The van der Waals surface area contributed by atoms with Crippen LogP contribution in [0.5, 0.6) is 0 Å². The van der Waals surface area contributed by atoms with Crippen LogP contribution in [0.15, 0.2) is 54.6 Å². The number of aromatic nitrogens is 2. The molecule has 5 rings (SSSR count). The van der Waals surface area contributed by atoms with Crippen molar-refractivity contribution in [3.8, 4) is 10.7 Å². The number of carbonyl (C=O) groups excluding carboxylic acids is 1. The molecule has 2 aromatic carbocycles. The number of hydrogen-bond donors (Lipinski definition) is 1. The van der Waals surface area contributed by atoms with Gasteiger partial charge < -0.3 is 10.1 Å². The van der Waals surface area contributed by atoms with E-state index in [4.69, 9.17) is 14.7 Å². The first-order valence-corrected chi connectivity index (χ1v) is 10.2. The van der Waals surface area contributed by atoms with Crippen molar-refractivity contribution < 1.29 is 9.53 Å². The minimum atomic E-state index is -0.100. The van der Waals surface area contributed by atoms with Gasteiger partial charge >= 0.3 is 0 Å². The standard InChI is InChI=1S/C22H19N3O2S/c26-21(23-13-14-6-5-11-27-14)16-12-19(24-17-8-2-1-7-15(16)17)22-25-18-9-3-4-10-20(18)28-22/h1-4,7-10,12,14H,5-6,11,13H2,(H,23,26)/t14-/m1/s1. The van der Waals surface area contributed by atoms with E-state index >= 15 is 0 Å². The van der Waals surface area contributed by atoms with E-state index in [1.807, 2.05) is 54.6 Å². The largest absolute Gasteiger partial charge is 0.376 e. The number of benzene rings is 2. The number of amides is 1. The molecule has 2 aromatic heterocycles. The molecule has 0 spiro atoms. The molecule has 1 aliphatic heterocycles. The van der Waals surface area contributed by atoms with Crippen LogP contribution in [0.1, 0.15) is 23.2 Å². The highest BCUT2D eigenvalue weighted by Crippen LogP contribution is 2.31. The van der Waals surface area contributed by atoms with Gasteiger partial charge in [-0.25, -0.2) is 9.97 Å². The number of nitrogens with zero attached hydrogens (tertiary/aromatic N) is 2. The van der Waals surface area contributed by atoms with E-state index in [0.717, 1.165) is 51.3 Å². The Bertz CT molecular complexity index is 1130. The summed E-state index contributed by atoms with van der Waals surface area (Å²) in [6, 6.07) is 17.6. The van der Waals surface area contributed by atoms with Gasteiger partial charge in [0.1, 0.15) is 10.7 Å². The summed E-state index contributed by atoms with van der Waals surface area (Å²) in [5.41, 5.74) is 3.09. The molecule has 0 radical (unpaired) electrons. The number of para-hydroxylation sites is 2. The quantitative estimate of drug-likeness (QED) is 0.561. The molecule has 1 atom stereocenters. The molecule has 0 bridgehead atoms. The Balaban J connectivity index is 1.54. The average molecular weight is 389 g/mol. The van der Waals surface area contributed by atoms with E-state index in [1.54, 1.807) is 11.3 Å². The fraction of sp³-hybridized carbons (Fsp3) is 0.227. The third-order valence-corrected chi connectivity index (χ3v) is 6.05. The SMILES string of the molecule is O=C(NC[C@H]1CCCO1)c1cc(-c2nc3ccccc3s2)nc2ccccc12. The second kappa shape index (κ2) is 7.30. The molecule has 0 unspecified atom stereocenters. The lowest BCUT2D eigenvalue weighted by Crippen LogP contribution is -2.31. The molecule has 1 N–H and O–H groups in total. The van der Waals surface area contributed by atoms with Crippen LogP contribution in [0.3, 0.4) is 0 Å². The normalized spacial score (nSPS) is 16.6. The second-order valence-electron chi connectivity index (χ2n) is 6.90. The summed E-state index contributed by atoms with van der Waals surface area (Å²) in [5, 5.41) is 4.69. The number of carbonyl (C=O) groups is 1. The van der Waals surface area contributed by atoms with E-state index in [1.165, 1.54) is 0 Å². The van der Waals surface area contributed by atoms with Gasteiger partial charge in [-0.1, -0.05) is 30.3 Å². The Morgan fingerprint density at radius 2 is 1.93 bits per heavy atom. The number of fused-ring (bicyclic) bond motifs is 2. The van der Waals surface area contributed by atoms with E-state index in [9.17, 15) is 4.79 Å². The highest BCUT2D eigenvalue weighted by Gasteiger charge is 2.19. The molecule has 3 heterocycles. The number of rotatable bonds is 4. The van der Waals surface area contributed by atoms with Gasteiger partial charge in [0.15, 0.2) is 0 Å². The molecule has 1 aliphatic rings. The molecular formula is C22H19N3O2S. The maximum absolute atomic E-state index is 13.0. The Morgan fingerprint density at radius 3 is 2.75 bits per heavy atom. The molecule has 1 fully saturated rings. The van der Waals surface area contributed by atoms with Crippen molar-refractivity contribution in [1.82, 2.24) is 15.3 Å². The van der Waals surface area contributed by atoms with Crippen LogP contribution in [-0.2, 0) is 4.74 Å². The van der Waals surface area contributed by atoms with Crippen LogP contribution < -0.4 is 5.32 Å². The smallest absolute Gasteiger partial charge is 0.252 e. The predicted octanol–water partition coefficient (Wildman–Crippen LogP) is 4.42. The van der Waals surface area contributed by atoms with Crippen molar-refractivity contribution in [3.63, 3.8) is 0 Å². The van der Waals surface area contributed by atoms with Crippen molar-refractivity contribution in [1.29, 1.82) is 0 Å². The lowest BCUT2D eigenvalue weighted by Gasteiger charge is -2.12. The second-order valence-corrected chi connectivity index (χ2v) is 7.93. The number of ether oxygens (including phenoxy) is 1. The third kappa shape index (κ3) is 3.25. The Hall–Kier alpha value is -2.83. The molecular weight excluding hydrogens is 370 g/mol. The molecule has 140 valence electrons. The predicted molar refractivity (Wildman–Crippen MR) is 112 cm³/mol. The maximum Gasteiger partial charge on any atom is 0.252 e. The van der Waals surface area contributed by atoms with Crippen LogP contribution in [0, 0.1) is 0 Å². The minimum absolute atomic E-state index is 0.100. The first-order valence-electron chi connectivity index (χ1n) is 9.43. The van der Waals surface area contributed by atoms with Crippen molar-refractivity contribution in [2.75, 3.05) is 13.2 Å². The fourth-order valence-electron chi connectivity index (χ4n) is 3.56. The molecule has 28 heavy (non-hydrogen) atoms. The average Bonchev–Trinajstić information content (AvgIpc) is 3.40. The number of nitrogens with one attached hydrogen (secondary N) is 1. The summed E-state index contributed by atoms with van der Waals surface area (Å²) in [5.74, 6) is -0.100. The lowest BCUT2D eigenvalue weighted by atomic mass is 10.1. The third-order valence-electron chi connectivity index (χ3n) is 4.99. The Morgan fingerprint density at radius 1 is 1.11 bits per heavy atom. The van der Waals surface area contributed by atoms with Crippen molar-refractivity contribution in [2.45, 2.75) is 18.9 Å². The van der Waals surface area contributed by atoms with E-state index in [-0.39, 0.29) is 12.0 Å². The number of pyridine rings is 1. The van der Waals surface area contributed by atoms with Gasteiger partial charge in [-0.2, -0.15) is 0 Å². The van der Waals surface area contributed by atoms with Gasteiger partial charge in [0.25, 0.3) is 5.91 Å². The summed E-state index contributed by atoms with van der Waals surface area (Å²) in [6.07, 6.45) is 2.16. The lowest BCUT2D eigenvalue weighted by molar-refractivity contribution is 0.0859. The number of thiazole rings is 1. The monoisotopic (exact) mass is 389 g/mol. The highest BCUT2D eigenvalue weighted by molar-refractivity contribution is 7.21. The van der Waals surface area contributed by atoms with Crippen LogP contribution in [0.4, 0.5) is 0 Å². The van der Waals surface area contributed by atoms with Gasteiger partial charge in [0.05, 0.1) is 27.4 Å². The molecule has 5 nitrogen and oxygen atoms in total. The van der Waals surface area contributed by atoms with Crippen LogP contribution >= 0.6 is 11.3 Å². The Labute approximate surface area is 166 Å². The van der Waals surface area contributed by atoms with Crippen LogP contribution in [-0.4, -0.2) is 35.1 Å². The first-order chi connectivity index (χ1) is 13.8. The van der Waals surface area contributed by atoms with Gasteiger partial charge in [0.2, 0.25) is 0 Å². The van der Waals surface area contributed by atoms with Gasteiger partial charge in [0, 0.05) is 18.5 Å². The van der Waals surface area contributed by atoms with E-state index < -0.39 is 0 Å². The fourth-order valence-corrected chi connectivity index (χ4v) is 4.49.